The zero-order valence-electron chi connectivity index (χ0n) is 6.26. The predicted octanol–water partition coefficient (Wildman–Crippen LogP) is 1.61. The van der Waals surface area contributed by atoms with Gasteiger partial charge in [-0.3, -0.25) is 0 Å². The lowest BCUT2D eigenvalue weighted by Crippen LogP contribution is -2.03. The third-order valence-corrected chi connectivity index (χ3v) is 1.43. The van der Waals surface area contributed by atoms with E-state index < -0.39 is 29.2 Å². The van der Waals surface area contributed by atoms with E-state index in [0.717, 1.165) is 0 Å². The summed E-state index contributed by atoms with van der Waals surface area (Å²) in [6.45, 7) is 0. The fourth-order valence-corrected chi connectivity index (χ4v) is 0.827. The van der Waals surface area contributed by atoms with E-state index in [1.807, 2.05) is 0 Å². The Kier molecular flexibility index (Phi) is 2.37. The Hall–Kier alpha value is -1.77. The van der Waals surface area contributed by atoms with E-state index in [9.17, 15) is 13.2 Å². The number of nitrogen functional groups attached to an aromatic ring is 1. The van der Waals surface area contributed by atoms with Gasteiger partial charge in [0.1, 0.15) is 6.07 Å². The second kappa shape index (κ2) is 3.31. The Morgan fingerprint density at radius 2 is 2.15 bits per heavy atom. The molecule has 2 N–H and O–H groups in total. The van der Waals surface area contributed by atoms with Crippen LogP contribution in [0.15, 0.2) is 6.20 Å². The smallest absolute Gasteiger partial charge is 0.268 e. The van der Waals surface area contributed by atoms with Crippen molar-refractivity contribution in [3.05, 3.63) is 23.3 Å². The molecule has 0 amide bonds. The fraction of sp³-hybridized carbons (Fsp3) is 0.143. The number of anilines is 1. The monoisotopic (exact) mass is 187 g/mol. The molecule has 6 heteroatoms. The highest BCUT2D eigenvalue weighted by molar-refractivity contribution is 5.53. The minimum atomic E-state index is -3.00. The van der Waals surface area contributed by atoms with Gasteiger partial charge in [-0.05, 0) is 0 Å². The Morgan fingerprint density at radius 1 is 1.54 bits per heavy atom. The van der Waals surface area contributed by atoms with E-state index in [1.54, 1.807) is 0 Å². The second-order valence-electron chi connectivity index (χ2n) is 2.19. The average Bonchev–Trinajstić information content (AvgIpc) is 2.08. The molecule has 0 radical (unpaired) electrons. The SMILES string of the molecule is N#Cc1ncc(F)c(N)c1C(F)F. The van der Waals surface area contributed by atoms with Crippen molar-refractivity contribution >= 4 is 5.69 Å². The van der Waals surface area contributed by atoms with Crippen molar-refractivity contribution in [2.75, 3.05) is 5.73 Å². The van der Waals surface area contributed by atoms with Crippen LogP contribution in [0.25, 0.3) is 0 Å². The van der Waals surface area contributed by atoms with Gasteiger partial charge in [0.25, 0.3) is 6.43 Å². The molecule has 0 atom stereocenters. The first-order valence-corrected chi connectivity index (χ1v) is 3.20. The van der Waals surface area contributed by atoms with Crippen molar-refractivity contribution < 1.29 is 13.2 Å². The molecular weight excluding hydrogens is 183 g/mol. The molecule has 0 unspecified atom stereocenters. The van der Waals surface area contributed by atoms with Crippen LogP contribution in [0.1, 0.15) is 17.7 Å². The lowest BCUT2D eigenvalue weighted by molar-refractivity contribution is 0.151. The number of pyridine rings is 1. The molecule has 0 aromatic carbocycles. The number of rotatable bonds is 1. The number of nitrogens with two attached hydrogens (primary N) is 1. The maximum Gasteiger partial charge on any atom is 0.268 e. The average molecular weight is 187 g/mol. The summed E-state index contributed by atoms with van der Waals surface area (Å²) < 4.78 is 37.1. The lowest BCUT2D eigenvalue weighted by Gasteiger charge is -2.05. The van der Waals surface area contributed by atoms with E-state index in [2.05, 4.69) is 4.98 Å². The summed E-state index contributed by atoms with van der Waals surface area (Å²) in [6.07, 6.45) is -2.36. The van der Waals surface area contributed by atoms with Crippen molar-refractivity contribution in [1.82, 2.24) is 4.98 Å². The van der Waals surface area contributed by atoms with Crippen LogP contribution in [0.4, 0.5) is 18.9 Å². The summed E-state index contributed by atoms with van der Waals surface area (Å²) in [7, 11) is 0. The van der Waals surface area contributed by atoms with Gasteiger partial charge in [-0.1, -0.05) is 0 Å². The number of nitriles is 1. The molecule has 0 aliphatic rings. The van der Waals surface area contributed by atoms with Crippen molar-refractivity contribution in [3.8, 4) is 6.07 Å². The van der Waals surface area contributed by atoms with Gasteiger partial charge in [0.2, 0.25) is 0 Å². The van der Waals surface area contributed by atoms with Crippen LogP contribution >= 0.6 is 0 Å². The largest absolute Gasteiger partial charge is 0.396 e. The van der Waals surface area contributed by atoms with Crippen LogP contribution in [-0.2, 0) is 0 Å². The van der Waals surface area contributed by atoms with Crippen LogP contribution in [0, 0.1) is 17.1 Å². The molecular formula is C7H4F3N3. The molecule has 0 aliphatic carbocycles. The molecule has 0 saturated heterocycles. The quantitative estimate of drug-likeness (QED) is 0.726. The van der Waals surface area contributed by atoms with E-state index in [-0.39, 0.29) is 0 Å². The van der Waals surface area contributed by atoms with Crippen molar-refractivity contribution in [1.29, 1.82) is 5.26 Å². The van der Waals surface area contributed by atoms with E-state index in [4.69, 9.17) is 11.0 Å². The summed E-state index contributed by atoms with van der Waals surface area (Å²) in [5, 5.41) is 8.36. The van der Waals surface area contributed by atoms with Crippen LogP contribution < -0.4 is 5.73 Å². The number of aromatic nitrogens is 1. The Labute approximate surface area is 71.6 Å². The van der Waals surface area contributed by atoms with Crippen LogP contribution in [-0.4, -0.2) is 4.98 Å². The number of alkyl halides is 2. The molecule has 1 rings (SSSR count). The van der Waals surface area contributed by atoms with Crippen LogP contribution in [0.3, 0.4) is 0 Å². The molecule has 0 bridgehead atoms. The minimum Gasteiger partial charge on any atom is -0.396 e. The van der Waals surface area contributed by atoms with Crippen molar-refractivity contribution in [2.45, 2.75) is 6.43 Å². The molecule has 3 nitrogen and oxygen atoms in total. The third kappa shape index (κ3) is 1.54. The Morgan fingerprint density at radius 3 is 2.62 bits per heavy atom. The number of halogens is 3. The molecule has 0 spiro atoms. The molecule has 1 aromatic heterocycles. The molecule has 0 saturated carbocycles. The van der Waals surface area contributed by atoms with Crippen LogP contribution in [0.2, 0.25) is 0 Å². The van der Waals surface area contributed by atoms with Gasteiger partial charge in [0, 0.05) is 0 Å². The summed E-state index contributed by atoms with van der Waals surface area (Å²) in [6, 6.07) is 1.41. The van der Waals surface area contributed by atoms with Crippen molar-refractivity contribution in [3.63, 3.8) is 0 Å². The highest BCUT2D eigenvalue weighted by atomic mass is 19.3. The van der Waals surface area contributed by atoms with E-state index >= 15 is 0 Å². The Bertz CT molecular complexity index is 370. The highest BCUT2D eigenvalue weighted by Crippen LogP contribution is 2.28. The summed E-state index contributed by atoms with van der Waals surface area (Å²) in [5.74, 6) is -1.05. The topological polar surface area (TPSA) is 62.7 Å². The number of hydrogen-bond donors (Lipinski definition) is 1. The zero-order chi connectivity index (χ0) is 10.0. The van der Waals surface area contributed by atoms with Gasteiger partial charge in [-0.25, -0.2) is 18.2 Å². The van der Waals surface area contributed by atoms with Gasteiger partial charge in [0.05, 0.1) is 17.4 Å². The maximum atomic E-state index is 12.6. The first-order valence-electron chi connectivity index (χ1n) is 3.20. The van der Waals surface area contributed by atoms with Crippen LogP contribution in [0.5, 0.6) is 0 Å². The molecule has 13 heavy (non-hydrogen) atoms. The molecule has 0 fully saturated rings. The number of nitrogens with zero attached hydrogens (tertiary/aromatic N) is 2. The number of hydrogen-bond acceptors (Lipinski definition) is 3. The van der Waals surface area contributed by atoms with E-state index in [0.29, 0.717) is 6.20 Å². The fourth-order valence-electron chi connectivity index (χ4n) is 0.827. The van der Waals surface area contributed by atoms with E-state index in [1.165, 1.54) is 6.07 Å². The van der Waals surface area contributed by atoms with Gasteiger partial charge in [-0.15, -0.1) is 0 Å². The minimum absolute atomic E-state index is 0.547. The predicted molar refractivity (Wildman–Crippen MR) is 38.3 cm³/mol. The zero-order valence-corrected chi connectivity index (χ0v) is 6.26. The standard InChI is InChI=1S/C7H4F3N3/c8-3-2-13-4(1-11)5(6(3)12)7(9)10/h2,7H,(H2,12,13). The molecule has 1 heterocycles. The second-order valence-corrected chi connectivity index (χ2v) is 2.19. The molecule has 1 aromatic rings. The Balaban J connectivity index is 3.43. The maximum absolute atomic E-state index is 12.6. The van der Waals surface area contributed by atoms with Gasteiger partial charge in [-0.2, -0.15) is 5.26 Å². The van der Waals surface area contributed by atoms with Gasteiger partial charge < -0.3 is 5.73 Å². The molecule has 68 valence electrons. The molecule has 0 aliphatic heterocycles. The summed E-state index contributed by atoms with van der Waals surface area (Å²) in [4.78, 5) is 3.18. The van der Waals surface area contributed by atoms with Gasteiger partial charge >= 0.3 is 0 Å². The van der Waals surface area contributed by atoms with Crippen molar-refractivity contribution in [2.24, 2.45) is 0 Å². The highest BCUT2D eigenvalue weighted by Gasteiger charge is 2.20. The normalized spacial score (nSPS) is 10.1. The van der Waals surface area contributed by atoms with Gasteiger partial charge in [0.15, 0.2) is 11.5 Å². The summed E-state index contributed by atoms with van der Waals surface area (Å²) >= 11 is 0. The first kappa shape index (κ1) is 9.32. The summed E-state index contributed by atoms with van der Waals surface area (Å²) in [5.41, 5.74) is 2.90. The first-order chi connectivity index (χ1) is 6.07. The third-order valence-electron chi connectivity index (χ3n) is 1.43. The lowest BCUT2D eigenvalue weighted by atomic mass is 10.1.